The average Bonchev–Trinajstić information content (AvgIpc) is 2.66. The molecule has 0 bridgehead atoms. The molecule has 0 radical (unpaired) electrons. The Bertz CT molecular complexity index is 564. The highest BCUT2D eigenvalue weighted by Gasteiger charge is 2.13. The number of pyridine rings is 1. The molecule has 0 fully saturated rings. The molecule has 0 aliphatic carbocycles. The van der Waals surface area contributed by atoms with Crippen LogP contribution in [0.4, 0.5) is 5.69 Å². The number of ether oxygens (including phenoxy) is 1. The topological polar surface area (TPSA) is 109 Å². The minimum atomic E-state index is -0.649. The van der Waals surface area contributed by atoms with E-state index >= 15 is 0 Å². The molecule has 4 N–H and O–H groups in total. The maximum atomic E-state index is 11.2. The number of aryl methyl sites for hydroxylation is 1. The van der Waals surface area contributed by atoms with E-state index in [0.29, 0.717) is 11.4 Å². The quantitative estimate of drug-likeness (QED) is 0.791. The molecule has 0 unspecified atom stereocenters. The summed E-state index contributed by atoms with van der Waals surface area (Å²) in [5.74, 6) is -0.0735. The number of aromatic nitrogens is 3. The second kappa shape index (κ2) is 4.12. The first-order valence-electron chi connectivity index (χ1n) is 4.78. The molecule has 2 aromatic heterocycles. The number of amides is 1. The van der Waals surface area contributed by atoms with Gasteiger partial charge < -0.3 is 16.2 Å². The number of hydrogen-bond acceptors (Lipinski definition) is 5. The fraction of sp³-hybridized carbons (Fsp3) is 0.100. The molecule has 2 rings (SSSR count). The van der Waals surface area contributed by atoms with Gasteiger partial charge in [-0.25, -0.2) is 4.98 Å². The molecular formula is C10H11N5O2. The lowest BCUT2D eigenvalue weighted by molar-refractivity contribution is 0.0997. The van der Waals surface area contributed by atoms with E-state index in [1.807, 2.05) is 0 Å². The van der Waals surface area contributed by atoms with Crippen LogP contribution in [0.25, 0.3) is 0 Å². The van der Waals surface area contributed by atoms with Crippen LogP contribution < -0.4 is 16.2 Å². The van der Waals surface area contributed by atoms with Crippen molar-refractivity contribution in [1.29, 1.82) is 0 Å². The van der Waals surface area contributed by atoms with Crippen molar-refractivity contribution in [2.24, 2.45) is 12.8 Å². The molecule has 0 atom stereocenters. The summed E-state index contributed by atoms with van der Waals surface area (Å²) in [5.41, 5.74) is 11.2. The Balaban J connectivity index is 2.35. The first-order valence-corrected chi connectivity index (χ1v) is 4.78. The van der Waals surface area contributed by atoms with Crippen LogP contribution in [0.5, 0.6) is 11.6 Å². The Kier molecular flexibility index (Phi) is 2.65. The van der Waals surface area contributed by atoms with Crippen molar-refractivity contribution in [2.75, 3.05) is 5.73 Å². The number of anilines is 1. The molecule has 0 aliphatic heterocycles. The SMILES string of the molecule is Cn1cc(Oc2ncc(N)cc2C(N)=O)cn1. The molecule has 0 aromatic carbocycles. The van der Waals surface area contributed by atoms with Gasteiger partial charge in [0.05, 0.1) is 24.3 Å². The highest BCUT2D eigenvalue weighted by molar-refractivity contribution is 5.95. The van der Waals surface area contributed by atoms with Gasteiger partial charge in [-0.15, -0.1) is 0 Å². The Labute approximate surface area is 97.0 Å². The fourth-order valence-electron chi connectivity index (χ4n) is 1.29. The van der Waals surface area contributed by atoms with Gasteiger partial charge in [0.15, 0.2) is 5.75 Å². The number of nitrogens with zero attached hydrogens (tertiary/aromatic N) is 3. The van der Waals surface area contributed by atoms with Crippen LogP contribution in [-0.4, -0.2) is 20.7 Å². The predicted octanol–water partition coefficient (Wildman–Crippen LogP) is 0.288. The van der Waals surface area contributed by atoms with Gasteiger partial charge in [0.2, 0.25) is 5.88 Å². The highest BCUT2D eigenvalue weighted by Crippen LogP contribution is 2.23. The number of primary amides is 1. The molecule has 7 heteroatoms. The van der Waals surface area contributed by atoms with Gasteiger partial charge >= 0.3 is 0 Å². The Morgan fingerprint density at radius 2 is 2.24 bits per heavy atom. The van der Waals surface area contributed by atoms with Crippen LogP contribution in [0.15, 0.2) is 24.7 Å². The van der Waals surface area contributed by atoms with Crippen molar-refractivity contribution in [1.82, 2.24) is 14.8 Å². The second-order valence-corrected chi connectivity index (χ2v) is 3.44. The maximum absolute atomic E-state index is 11.2. The van der Waals surface area contributed by atoms with E-state index in [-0.39, 0.29) is 11.4 Å². The minimum Gasteiger partial charge on any atom is -0.435 e. The van der Waals surface area contributed by atoms with Crippen molar-refractivity contribution in [3.8, 4) is 11.6 Å². The van der Waals surface area contributed by atoms with Crippen LogP contribution in [0, 0.1) is 0 Å². The second-order valence-electron chi connectivity index (χ2n) is 3.44. The maximum Gasteiger partial charge on any atom is 0.254 e. The predicted molar refractivity (Wildman–Crippen MR) is 60.4 cm³/mol. The molecule has 0 aliphatic rings. The third-order valence-corrected chi connectivity index (χ3v) is 2.03. The third-order valence-electron chi connectivity index (χ3n) is 2.03. The zero-order chi connectivity index (χ0) is 12.4. The van der Waals surface area contributed by atoms with Gasteiger partial charge in [0.1, 0.15) is 5.56 Å². The summed E-state index contributed by atoms with van der Waals surface area (Å²) in [4.78, 5) is 15.1. The zero-order valence-corrected chi connectivity index (χ0v) is 9.12. The molecule has 2 heterocycles. The molecule has 7 nitrogen and oxygen atoms in total. The van der Waals surface area contributed by atoms with E-state index < -0.39 is 5.91 Å². The molecule has 1 amide bonds. The van der Waals surface area contributed by atoms with Gasteiger partial charge in [0.25, 0.3) is 5.91 Å². The lowest BCUT2D eigenvalue weighted by Gasteiger charge is -2.06. The normalized spacial score (nSPS) is 10.2. The Morgan fingerprint density at radius 3 is 2.82 bits per heavy atom. The van der Waals surface area contributed by atoms with Crippen molar-refractivity contribution < 1.29 is 9.53 Å². The fourth-order valence-corrected chi connectivity index (χ4v) is 1.29. The summed E-state index contributed by atoms with van der Waals surface area (Å²) in [6.45, 7) is 0. The average molecular weight is 233 g/mol. The summed E-state index contributed by atoms with van der Waals surface area (Å²) in [7, 11) is 1.75. The minimum absolute atomic E-state index is 0.111. The molecular weight excluding hydrogens is 222 g/mol. The van der Waals surface area contributed by atoms with Gasteiger partial charge in [-0.05, 0) is 6.07 Å². The van der Waals surface area contributed by atoms with E-state index in [4.69, 9.17) is 16.2 Å². The van der Waals surface area contributed by atoms with Crippen molar-refractivity contribution >= 4 is 11.6 Å². The standard InChI is InChI=1S/C10H11N5O2/c1-15-5-7(4-14-15)17-10-8(9(12)16)2-6(11)3-13-10/h2-5H,11H2,1H3,(H2,12,16). The summed E-state index contributed by atoms with van der Waals surface area (Å²) in [6.07, 6.45) is 4.53. The van der Waals surface area contributed by atoms with E-state index in [2.05, 4.69) is 10.1 Å². The summed E-state index contributed by atoms with van der Waals surface area (Å²) in [6, 6.07) is 1.42. The largest absolute Gasteiger partial charge is 0.435 e. The van der Waals surface area contributed by atoms with Gasteiger partial charge in [-0.2, -0.15) is 5.10 Å². The molecule has 88 valence electrons. The summed E-state index contributed by atoms with van der Waals surface area (Å²) < 4.78 is 6.96. The lowest BCUT2D eigenvalue weighted by atomic mass is 10.2. The molecule has 0 saturated carbocycles. The number of carbonyl (C=O) groups is 1. The summed E-state index contributed by atoms with van der Waals surface area (Å²) >= 11 is 0. The van der Waals surface area contributed by atoms with Crippen LogP contribution in [0.2, 0.25) is 0 Å². The Morgan fingerprint density at radius 1 is 1.47 bits per heavy atom. The highest BCUT2D eigenvalue weighted by atomic mass is 16.5. The molecule has 2 aromatic rings. The van der Waals surface area contributed by atoms with E-state index in [1.54, 1.807) is 17.9 Å². The number of rotatable bonds is 3. The van der Waals surface area contributed by atoms with Gasteiger partial charge in [0, 0.05) is 7.05 Å². The third kappa shape index (κ3) is 2.33. The number of nitrogen functional groups attached to an aromatic ring is 1. The first kappa shape index (κ1) is 10.9. The first-order chi connectivity index (χ1) is 8.06. The molecule has 0 spiro atoms. The molecule has 0 saturated heterocycles. The summed E-state index contributed by atoms with van der Waals surface area (Å²) in [5, 5.41) is 3.93. The number of carbonyl (C=O) groups excluding carboxylic acids is 1. The van der Waals surface area contributed by atoms with E-state index in [0.717, 1.165) is 0 Å². The van der Waals surface area contributed by atoms with Crippen LogP contribution in [0.3, 0.4) is 0 Å². The number of nitrogens with two attached hydrogens (primary N) is 2. The van der Waals surface area contributed by atoms with Crippen molar-refractivity contribution in [2.45, 2.75) is 0 Å². The van der Waals surface area contributed by atoms with Crippen molar-refractivity contribution in [3.63, 3.8) is 0 Å². The van der Waals surface area contributed by atoms with Gasteiger partial charge in [-0.3, -0.25) is 9.48 Å². The van der Waals surface area contributed by atoms with Crippen molar-refractivity contribution in [3.05, 3.63) is 30.2 Å². The monoisotopic (exact) mass is 233 g/mol. The van der Waals surface area contributed by atoms with E-state index in [9.17, 15) is 4.79 Å². The van der Waals surface area contributed by atoms with Gasteiger partial charge in [-0.1, -0.05) is 0 Å². The van der Waals surface area contributed by atoms with Crippen LogP contribution in [0.1, 0.15) is 10.4 Å². The Hall–Kier alpha value is -2.57. The lowest BCUT2D eigenvalue weighted by Crippen LogP contribution is -2.13. The smallest absolute Gasteiger partial charge is 0.254 e. The van der Waals surface area contributed by atoms with Crippen LogP contribution >= 0.6 is 0 Å². The molecule has 17 heavy (non-hydrogen) atoms. The zero-order valence-electron chi connectivity index (χ0n) is 9.12. The van der Waals surface area contributed by atoms with E-state index in [1.165, 1.54) is 18.5 Å². The van der Waals surface area contributed by atoms with Crippen LogP contribution in [-0.2, 0) is 7.05 Å². The number of hydrogen-bond donors (Lipinski definition) is 2.